The lowest BCUT2D eigenvalue weighted by Gasteiger charge is -2.08. The van der Waals surface area contributed by atoms with E-state index >= 15 is 0 Å². The molecule has 3 nitrogen and oxygen atoms in total. The molecular weight excluding hydrogens is 321 g/mol. The molecule has 1 aliphatic carbocycles. The first-order valence-electron chi connectivity index (χ1n) is 7.38. The molecule has 2 aromatic carbocycles. The number of carbonyl (C=O) groups excluding carboxylic acids is 2. The molecule has 0 radical (unpaired) electrons. The van der Waals surface area contributed by atoms with Crippen molar-refractivity contribution in [3.05, 3.63) is 65.2 Å². The van der Waals surface area contributed by atoms with Crippen LogP contribution < -0.4 is 4.74 Å². The Morgan fingerprint density at radius 1 is 0.875 bits per heavy atom. The summed E-state index contributed by atoms with van der Waals surface area (Å²) in [4.78, 5) is 23.8. The van der Waals surface area contributed by atoms with E-state index in [4.69, 9.17) is 4.74 Å². The van der Waals surface area contributed by atoms with E-state index in [0.717, 1.165) is 37.1 Å². The van der Waals surface area contributed by atoms with Crippen molar-refractivity contribution in [2.45, 2.75) is 19.0 Å². The second kappa shape index (κ2) is 6.11. The van der Waals surface area contributed by atoms with Gasteiger partial charge in [-0.3, -0.25) is 9.59 Å². The van der Waals surface area contributed by atoms with E-state index in [0.29, 0.717) is 11.3 Å². The van der Waals surface area contributed by atoms with E-state index in [-0.39, 0.29) is 17.5 Å². The first kappa shape index (κ1) is 16.2. The number of ketones is 1. The van der Waals surface area contributed by atoms with E-state index < -0.39 is 17.5 Å². The molecular formula is C18H13F3O3. The second-order valence-electron chi connectivity index (χ2n) is 5.62. The highest BCUT2D eigenvalue weighted by Crippen LogP contribution is 2.31. The van der Waals surface area contributed by atoms with Crippen LogP contribution in [-0.2, 0) is 11.0 Å². The van der Waals surface area contributed by atoms with Gasteiger partial charge < -0.3 is 4.74 Å². The van der Waals surface area contributed by atoms with Gasteiger partial charge in [0, 0.05) is 11.1 Å². The molecule has 0 aromatic heterocycles. The molecule has 0 amide bonds. The molecule has 0 bridgehead atoms. The van der Waals surface area contributed by atoms with Crippen molar-refractivity contribution in [1.29, 1.82) is 0 Å². The van der Waals surface area contributed by atoms with Gasteiger partial charge in [0.25, 0.3) is 0 Å². The van der Waals surface area contributed by atoms with Gasteiger partial charge in [0.05, 0.1) is 11.5 Å². The Morgan fingerprint density at radius 3 is 1.83 bits per heavy atom. The molecule has 1 aliphatic rings. The number of esters is 1. The third-order valence-corrected chi connectivity index (χ3v) is 3.72. The Balaban J connectivity index is 1.71. The Hall–Kier alpha value is -2.63. The fourth-order valence-corrected chi connectivity index (χ4v) is 2.17. The smallest absolute Gasteiger partial charge is 0.416 e. The zero-order valence-electron chi connectivity index (χ0n) is 12.5. The number of rotatable bonds is 4. The van der Waals surface area contributed by atoms with Crippen LogP contribution in [0.1, 0.15) is 34.3 Å². The maximum atomic E-state index is 12.5. The molecule has 1 saturated carbocycles. The van der Waals surface area contributed by atoms with Crippen molar-refractivity contribution in [3.63, 3.8) is 0 Å². The van der Waals surface area contributed by atoms with E-state index in [9.17, 15) is 22.8 Å². The van der Waals surface area contributed by atoms with Crippen LogP contribution in [0.15, 0.2) is 48.5 Å². The minimum absolute atomic E-state index is 0.0292. The van der Waals surface area contributed by atoms with Gasteiger partial charge in [-0.2, -0.15) is 13.2 Å². The van der Waals surface area contributed by atoms with Crippen molar-refractivity contribution < 1.29 is 27.5 Å². The van der Waals surface area contributed by atoms with E-state index in [1.165, 1.54) is 24.3 Å². The fourth-order valence-electron chi connectivity index (χ4n) is 2.17. The summed E-state index contributed by atoms with van der Waals surface area (Å²) in [5.74, 6) is -0.366. The van der Waals surface area contributed by atoms with Gasteiger partial charge in [0.15, 0.2) is 5.78 Å². The lowest BCUT2D eigenvalue weighted by atomic mass is 10.0. The quantitative estimate of drug-likeness (QED) is 0.477. The van der Waals surface area contributed by atoms with E-state index in [2.05, 4.69) is 0 Å². The highest BCUT2D eigenvalue weighted by molar-refractivity contribution is 6.09. The first-order valence-corrected chi connectivity index (χ1v) is 7.38. The molecule has 2 aromatic rings. The number of ether oxygens (including phenoxy) is 1. The molecule has 124 valence electrons. The molecule has 0 aliphatic heterocycles. The third-order valence-electron chi connectivity index (χ3n) is 3.72. The van der Waals surface area contributed by atoms with Crippen LogP contribution >= 0.6 is 0 Å². The number of hydrogen-bond donors (Lipinski definition) is 0. The zero-order chi connectivity index (χ0) is 17.3. The zero-order valence-corrected chi connectivity index (χ0v) is 12.5. The Kier molecular flexibility index (Phi) is 4.13. The maximum absolute atomic E-state index is 12.5. The standard InChI is InChI=1S/C18H13F3O3/c19-18(20,21)14-7-3-11(4-8-14)16(22)12-5-9-15(10-6-12)24-17(23)13-1-2-13/h3-10,13H,1-2H2. The molecule has 0 heterocycles. The van der Waals surface area contributed by atoms with Crippen LogP contribution in [0, 0.1) is 5.92 Å². The molecule has 0 atom stereocenters. The fraction of sp³-hybridized carbons (Fsp3) is 0.222. The Bertz CT molecular complexity index is 758. The SMILES string of the molecule is O=C(c1ccc(OC(=O)C2CC2)cc1)c1ccc(C(F)(F)F)cc1. The lowest BCUT2D eigenvalue weighted by Crippen LogP contribution is -2.10. The van der Waals surface area contributed by atoms with Gasteiger partial charge >= 0.3 is 12.1 Å². The summed E-state index contributed by atoms with van der Waals surface area (Å²) in [7, 11) is 0. The van der Waals surface area contributed by atoms with Crippen LogP contribution in [-0.4, -0.2) is 11.8 Å². The third kappa shape index (κ3) is 3.64. The summed E-state index contributed by atoms with van der Waals surface area (Å²) >= 11 is 0. The van der Waals surface area contributed by atoms with Gasteiger partial charge in [0.1, 0.15) is 5.75 Å². The van der Waals surface area contributed by atoms with Crippen LogP contribution in [0.4, 0.5) is 13.2 Å². The van der Waals surface area contributed by atoms with Crippen LogP contribution in [0.2, 0.25) is 0 Å². The first-order chi connectivity index (χ1) is 11.3. The van der Waals surface area contributed by atoms with Gasteiger partial charge in [-0.1, -0.05) is 12.1 Å². The average molecular weight is 334 g/mol. The van der Waals surface area contributed by atoms with Gasteiger partial charge in [-0.25, -0.2) is 0 Å². The summed E-state index contributed by atoms with van der Waals surface area (Å²) < 4.78 is 42.7. The highest BCUT2D eigenvalue weighted by atomic mass is 19.4. The monoisotopic (exact) mass is 334 g/mol. The summed E-state index contributed by atoms with van der Waals surface area (Å²) in [5.41, 5.74) is -0.340. The molecule has 3 rings (SSSR count). The van der Waals surface area contributed by atoms with Gasteiger partial charge in [0.2, 0.25) is 0 Å². The van der Waals surface area contributed by atoms with E-state index in [1.807, 2.05) is 0 Å². The number of benzene rings is 2. The van der Waals surface area contributed by atoms with Gasteiger partial charge in [-0.15, -0.1) is 0 Å². The lowest BCUT2D eigenvalue weighted by molar-refractivity contribution is -0.137. The molecule has 0 unspecified atom stereocenters. The Labute approximate surface area is 136 Å². The van der Waals surface area contributed by atoms with E-state index in [1.54, 1.807) is 0 Å². The van der Waals surface area contributed by atoms with Crippen LogP contribution in [0.3, 0.4) is 0 Å². The Morgan fingerprint density at radius 2 is 1.38 bits per heavy atom. The van der Waals surface area contributed by atoms with Crippen molar-refractivity contribution in [2.24, 2.45) is 5.92 Å². The molecule has 6 heteroatoms. The average Bonchev–Trinajstić information content (AvgIpc) is 3.39. The summed E-state index contributed by atoms with van der Waals surface area (Å²) in [6, 6.07) is 10.00. The second-order valence-corrected chi connectivity index (χ2v) is 5.62. The predicted molar refractivity (Wildman–Crippen MR) is 79.7 cm³/mol. The largest absolute Gasteiger partial charge is 0.426 e. The van der Waals surface area contributed by atoms with Crippen LogP contribution in [0.25, 0.3) is 0 Å². The number of halogens is 3. The normalized spacial score (nSPS) is 14.3. The maximum Gasteiger partial charge on any atom is 0.416 e. The highest BCUT2D eigenvalue weighted by Gasteiger charge is 2.32. The number of carbonyl (C=O) groups is 2. The van der Waals surface area contributed by atoms with Crippen molar-refractivity contribution in [1.82, 2.24) is 0 Å². The molecule has 24 heavy (non-hydrogen) atoms. The minimum Gasteiger partial charge on any atom is -0.426 e. The summed E-state index contributed by atoms with van der Waals surface area (Å²) in [6.45, 7) is 0. The minimum atomic E-state index is -4.44. The van der Waals surface area contributed by atoms with Crippen LogP contribution in [0.5, 0.6) is 5.75 Å². The predicted octanol–water partition coefficient (Wildman–Crippen LogP) is 4.25. The van der Waals surface area contributed by atoms with Crippen molar-refractivity contribution in [2.75, 3.05) is 0 Å². The molecule has 0 saturated heterocycles. The van der Waals surface area contributed by atoms with Crippen molar-refractivity contribution in [3.8, 4) is 5.75 Å². The molecule has 1 fully saturated rings. The summed E-state index contributed by atoms with van der Waals surface area (Å²) in [5, 5.41) is 0. The molecule has 0 spiro atoms. The molecule has 0 N–H and O–H groups in total. The van der Waals surface area contributed by atoms with Crippen molar-refractivity contribution >= 4 is 11.8 Å². The number of hydrogen-bond acceptors (Lipinski definition) is 3. The summed E-state index contributed by atoms with van der Waals surface area (Å²) in [6.07, 6.45) is -2.76. The topological polar surface area (TPSA) is 43.4 Å². The van der Waals surface area contributed by atoms with Gasteiger partial charge in [-0.05, 0) is 49.2 Å². The number of alkyl halides is 3.